The lowest BCUT2D eigenvalue weighted by molar-refractivity contribution is 0.0827. The molecule has 7 heteroatoms. The van der Waals surface area contributed by atoms with Crippen LogP contribution in [0.2, 0.25) is 0 Å². The van der Waals surface area contributed by atoms with Crippen molar-refractivity contribution < 1.29 is 14.0 Å². The van der Waals surface area contributed by atoms with E-state index in [9.17, 15) is 14.0 Å². The maximum atomic E-state index is 13.5. The number of carbonyl (C=O) groups excluding carboxylic acids is 2. The predicted octanol–water partition coefficient (Wildman–Crippen LogP) is 2.65. The van der Waals surface area contributed by atoms with E-state index in [4.69, 9.17) is 12.2 Å². The van der Waals surface area contributed by atoms with E-state index in [1.165, 1.54) is 23.1 Å². The number of halogens is 1. The number of rotatable bonds is 3. The van der Waals surface area contributed by atoms with E-state index in [1.54, 1.807) is 44.4 Å². The minimum absolute atomic E-state index is 0.0370. The molecule has 0 aliphatic rings. The topological polar surface area (TPSA) is 61.4 Å². The molecule has 124 valence electrons. The summed E-state index contributed by atoms with van der Waals surface area (Å²) in [5.74, 6) is -1.37. The van der Waals surface area contributed by atoms with Crippen molar-refractivity contribution in [2.24, 2.45) is 0 Å². The first-order chi connectivity index (χ1) is 11.4. The van der Waals surface area contributed by atoms with Gasteiger partial charge in [0.25, 0.3) is 11.8 Å². The minimum atomic E-state index is -0.634. The van der Waals surface area contributed by atoms with Gasteiger partial charge in [-0.1, -0.05) is 12.1 Å². The van der Waals surface area contributed by atoms with Gasteiger partial charge in [0.05, 0.1) is 5.56 Å². The number of carbonyl (C=O) groups is 2. The molecule has 0 radical (unpaired) electrons. The lowest BCUT2D eigenvalue weighted by Gasteiger charge is -2.12. The zero-order chi connectivity index (χ0) is 17.7. The Morgan fingerprint density at radius 2 is 1.67 bits per heavy atom. The van der Waals surface area contributed by atoms with Crippen LogP contribution in [0.1, 0.15) is 20.7 Å². The van der Waals surface area contributed by atoms with Crippen LogP contribution < -0.4 is 10.6 Å². The van der Waals surface area contributed by atoms with Gasteiger partial charge in [0, 0.05) is 25.3 Å². The van der Waals surface area contributed by atoms with Crippen molar-refractivity contribution in [2.75, 3.05) is 19.4 Å². The number of amides is 2. The van der Waals surface area contributed by atoms with Crippen LogP contribution in [0.5, 0.6) is 0 Å². The predicted molar refractivity (Wildman–Crippen MR) is 94.5 cm³/mol. The summed E-state index contributed by atoms with van der Waals surface area (Å²) in [7, 11) is 3.34. The third kappa shape index (κ3) is 4.36. The molecule has 24 heavy (non-hydrogen) atoms. The van der Waals surface area contributed by atoms with Gasteiger partial charge >= 0.3 is 0 Å². The highest BCUT2D eigenvalue weighted by Crippen LogP contribution is 2.11. The maximum Gasteiger partial charge on any atom is 0.260 e. The van der Waals surface area contributed by atoms with Crippen molar-refractivity contribution in [1.82, 2.24) is 10.2 Å². The monoisotopic (exact) mass is 345 g/mol. The summed E-state index contributed by atoms with van der Waals surface area (Å²) in [6.07, 6.45) is 0. The lowest BCUT2D eigenvalue weighted by Crippen LogP contribution is -2.34. The zero-order valence-corrected chi connectivity index (χ0v) is 14.0. The van der Waals surface area contributed by atoms with Crippen molar-refractivity contribution >= 4 is 34.8 Å². The van der Waals surface area contributed by atoms with Gasteiger partial charge in [-0.25, -0.2) is 4.39 Å². The fraction of sp³-hybridized carbons (Fsp3) is 0.118. The Bertz CT molecular complexity index is 776. The molecule has 0 spiro atoms. The van der Waals surface area contributed by atoms with E-state index in [1.807, 2.05) is 0 Å². The molecule has 2 amide bonds. The van der Waals surface area contributed by atoms with Crippen LogP contribution in [0.4, 0.5) is 10.1 Å². The summed E-state index contributed by atoms with van der Waals surface area (Å²) in [4.78, 5) is 25.2. The zero-order valence-electron chi connectivity index (χ0n) is 13.2. The summed E-state index contributed by atoms with van der Waals surface area (Å²) in [6.45, 7) is 0. The average Bonchev–Trinajstić information content (AvgIpc) is 2.55. The van der Waals surface area contributed by atoms with Gasteiger partial charge in [-0.2, -0.15) is 0 Å². The van der Waals surface area contributed by atoms with Crippen molar-refractivity contribution in [2.45, 2.75) is 0 Å². The van der Waals surface area contributed by atoms with Crippen molar-refractivity contribution in [3.8, 4) is 0 Å². The van der Waals surface area contributed by atoms with E-state index in [2.05, 4.69) is 10.6 Å². The second-order valence-electron chi connectivity index (χ2n) is 5.17. The van der Waals surface area contributed by atoms with E-state index >= 15 is 0 Å². The van der Waals surface area contributed by atoms with Gasteiger partial charge in [0.1, 0.15) is 5.82 Å². The maximum absolute atomic E-state index is 13.5. The number of nitrogens with zero attached hydrogens (tertiary/aromatic N) is 1. The van der Waals surface area contributed by atoms with Crippen LogP contribution in [-0.2, 0) is 0 Å². The third-order valence-corrected chi connectivity index (χ3v) is 3.35. The summed E-state index contributed by atoms with van der Waals surface area (Å²) < 4.78 is 13.5. The molecule has 0 aliphatic heterocycles. The number of nitrogens with one attached hydrogen (secondary N) is 2. The lowest BCUT2D eigenvalue weighted by atomic mass is 10.2. The van der Waals surface area contributed by atoms with Gasteiger partial charge < -0.3 is 10.2 Å². The van der Waals surface area contributed by atoms with Crippen LogP contribution in [0.25, 0.3) is 0 Å². The molecule has 5 nitrogen and oxygen atoms in total. The molecular formula is C17H16FN3O2S. The molecule has 0 heterocycles. The van der Waals surface area contributed by atoms with Crippen LogP contribution in [-0.4, -0.2) is 35.9 Å². The summed E-state index contributed by atoms with van der Waals surface area (Å²) in [6, 6.07) is 12.3. The molecule has 2 rings (SSSR count). The van der Waals surface area contributed by atoms with Crippen molar-refractivity contribution in [3.63, 3.8) is 0 Å². The minimum Gasteiger partial charge on any atom is -0.345 e. The molecular weight excluding hydrogens is 329 g/mol. The van der Waals surface area contributed by atoms with Crippen LogP contribution in [0, 0.1) is 5.82 Å². The SMILES string of the molecule is CN(C)C(=O)c1ccc(NC(=S)NC(=O)c2ccccc2F)cc1. The fourth-order valence-electron chi connectivity index (χ4n) is 1.93. The Hall–Kier alpha value is -2.80. The Balaban J connectivity index is 1.99. The number of thiocarbonyl (C=S) groups is 1. The molecule has 0 aliphatic carbocycles. The van der Waals surface area contributed by atoms with E-state index in [0.717, 1.165) is 0 Å². The third-order valence-electron chi connectivity index (χ3n) is 3.14. The number of benzene rings is 2. The first kappa shape index (κ1) is 17.6. The van der Waals surface area contributed by atoms with Gasteiger partial charge in [-0.05, 0) is 48.6 Å². The molecule has 0 unspecified atom stereocenters. The highest BCUT2D eigenvalue weighted by atomic mass is 32.1. The normalized spacial score (nSPS) is 9.96. The number of hydrogen-bond acceptors (Lipinski definition) is 3. The van der Waals surface area contributed by atoms with E-state index in [0.29, 0.717) is 11.3 Å². The molecule has 0 saturated carbocycles. The van der Waals surface area contributed by atoms with E-state index in [-0.39, 0.29) is 16.6 Å². The smallest absolute Gasteiger partial charge is 0.260 e. The standard InChI is InChI=1S/C17H16FN3O2S/c1-21(2)16(23)11-7-9-12(10-8-11)19-17(24)20-15(22)13-5-3-4-6-14(13)18/h3-10H,1-2H3,(H2,19,20,22,24). The molecule has 0 atom stereocenters. The summed E-state index contributed by atoms with van der Waals surface area (Å²) >= 11 is 5.04. The Morgan fingerprint density at radius 3 is 2.25 bits per heavy atom. The Morgan fingerprint density at radius 1 is 1.04 bits per heavy atom. The molecule has 2 aromatic carbocycles. The van der Waals surface area contributed by atoms with Crippen molar-refractivity contribution in [1.29, 1.82) is 0 Å². The molecule has 0 fully saturated rings. The molecule has 2 N–H and O–H groups in total. The molecule has 0 bridgehead atoms. The van der Waals surface area contributed by atoms with Crippen LogP contribution >= 0.6 is 12.2 Å². The summed E-state index contributed by atoms with van der Waals surface area (Å²) in [5, 5.41) is 5.25. The molecule has 0 saturated heterocycles. The fourth-order valence-corrected chi connectivity index (χ4v) is 2.14. The Kier molecular flexibility index (Phi) is 5.59. The second kappa shape index (κ2) is 7.65. The average molecular weight is 345 g/mol. The first-order valence-electron chi connectivity index (χ1n) is 7.07. The highest BCUT2D eigenvalue weighted by molar-refractivity contribution is 7.80. The van der Waals surface area contributed by atoms with Crippen LogP contribution in [0.3, 0.4) is 0 Å². The molecule has 2 aromatic rings. The largest absolute Gasteiger partial charge is 0.345 e. The number of hydrogen-bond donors (Lipinski definition) is 2. The quantitative estimate of drug-likeness (QED) is 0.840. The number of anilines is 1. The highest BCUT2D eigenvalue weighted by Gasteiger charge is 2.12. The first-order valence-corrected chi connectivity index (χ1v) is 7.48. The van der Waals surface area contributed by atoms with Crippen molar-refractivity contribution in [3.05, 3.63) is 65.5 Å². The van der Waals surface area contributed by atoms with Gasteiger partial charge in [-0.3, -0.25) is 14.9 Å². The Labute approximate surface area is 144 Å². The van der Waals surface area contributed by atoms with Gasteiger partial charge in [0.15, 0.2) is 5.11 Å². The van der Waals surface area contributed by atoms with Gasteiger partial charge in [0.2, 0.25) is 0 Å². The summed E-state index contributed by atoms with van der Waals surface area (Å²) in [5.41, 5.74) is 1.05. The molecule has 0 aromatic heterocycles. The van der Waals surface area contributed by atoms with Crippen LogP contribution in [0.15, 0.2) is 48.5 Å². The van der Waals surface area contributed by atoms with E-state index < -0.39 is 11.7 Å². The van der Waals surface area contributed by atoms with Gasteiger partial charge in [-0.15, -0.1) is 0 Å². The second-order valence-corrected chi connectivity index (χ2v) is 5.57.